The summed E-state index contributed by atoms with van der Waals surface area (Å²) in [6.45, 7) is 0.736. The van der Waals surface area contributed by atoms with Gasteiger partial charge in [0.2, 0.25) is 5.91 Å². The Morgan fingerprint density at radius 3 is 3.00 bits per heavy atom. The number of amides is 2. The van der Waals surface area contributed by atoms with Crippen molar-refractivity contribution in [3.8, 4) is 0 Å². The summed E-state index contributed by atoms with van der Waals surface area (Å²) < 4.78 is 0. The smallest absolute Gasteiger partial charge is 0.269 e. The first kappa shape index (κ1) is 14.8. The zero-order valence-corrected chi connectivity index (χ0v) is 12.9. The van der Waals surface area contributed by atoms with Gasteiger partial charge in [-0.15, -0.1) is 11.3 Å². The topological polar surface area (TPSA) is 92.1 Å². The summed E-state index contributed by atoms with van der Waals surface area (Å²) in [5, 5.41) is 8.76. The lowest BCUT2D eigenvalue weighted by Crippen LogP contribution is -2.39. The Balaban J connectivity index is 1.78. The number of thiophene rings is 1. The van der Waals surface area contributed by atoms with Crippen LogP contribution in [0, 0.1) is 0 Å². The summed E-state index contributed by atoms with van der Waals surface area (Å²) in [7, 11) is 0. The fraction of sp³-hybridized carbons (Fsp3) is 0.400. The maximum Gasteiger partial charge on any atom is 0.269 e. The summed E-state index contributed by atoms with van der Waals surface area (Å²) in [6, 6.07) is 5.53. The second-order valence-electron chi connectivity index (χ2n) is 5.43. The van der Waals surface area contributed by atoms with Crippen LogP contribution in [-0.4, -0.2) is 33.5 Å². The molecule has 1 fully saturated rings. The molecule has 1 aliphatic rings. The van der Waals surface area contributed by atoms with Gasteiger partial charge in [-0.1, -0.05) is 6.07 Å². The van der Waals surface area contributed by atoms with Crippen molar-refractivity contribution in [2.24, 2.45) is 5.73 Å². The predicted molar refractivity (Wildman–Crippen MR) is 83.4 cm³/mol. The lowest BCUT2D eigenvalue weighted by molar-refractivity contribution is -0.134. The summed E-state index contributed by atoms with van der Waals surface area (Å²) in [4.78, 5) is 26.7. The van der Waals surface area contributed by atoms with Gasteiger partial charge in [0.1, 0.15) is 5.69 Å². The number of aromatic amines is 1. The molecule has 7 heteroatoms. The summed E-state index contributed by atoms with van der Waals surface area (Å²) in [5.74, 6) is -0.447. The van der Waals surface area contributed by atoms with E-state index in [1.54, 1.807) is 17.4 Å². The number of nitrogens with one attached hydrogen (secondary N) is 1. The fourth-order valence-electron chi connectivity index (χ4n) is 2.85. The number of hydrogen-bond acceptors (Lipinski definition) is 4. The Labute approximate surface area is 132 Å². The molecule has 1 aliphatic heterocycles. The minimum absolute atomic E-state index is 0.0539. The van der Waals surface area contributed by atoms with Gasteiger partial charge in [0.15, 0.2) is 0 Å². The van der Waals surface area contributed by atoms with E-state index in [2.05, 4.69) is 10.2 Å². The second-order valence-corrected chi connectivity index (χ2v) is 6.46. The van der Waals surface area contributed by atoms with Crippen molar-refractivity contribution in [3.63, 3.8) is 0 Å². The molecule has 1 unspecified atom stereocenters. The molecule has 0 aromatic carbocycles. The van der Waals surface area contributed by atoms with E-state index in [1.807, 2.05) is 22.4 Å². The summed E-state index contributed by atoms with van der Waals surface area (Å²) in [5.41, 5.74) is 6.24. The molecule has 2 aromatic rings. The van der Waals surface area contributed by atoms with Crippen LogP contribution in [0.3, 0.4) is 0 Å². The molecule has 0 bridgehead atoms. The second kappa shape index (κ2) is 6.31. The first-order valence-electron chi connectivity index (χ1n) is 7.32. The first-order chi connectivity index (χ1) is 10.6. The largest absolute Gasteiger partial charge is 0.364 e. The molecule has 0 saturated carbocycles. The van der Waals surface area contributed by atoms with Gasteiger partial charge in [-0.3, -0.25) is 14.7 Å². The number of H-pyrrole nitrogens is 1. The third-order valence-electron chi connectivity index (χ3n) is 3.94. The van der Waals surface area contributed by atoms with Crippen LogP contribution >= 0.6 is 11.3 Å². The fourth-order valence-corrected chi connectivity index (χ4v) is 3.55. The van der Waals surface area contributed by atoms with Crippen LogP contribution in [0.4, 0.5) is 0 Å². The molecule has 0 spiro atoms. The number of piperidine rings is 1. The molecule has 3 rings (SSSR count). The zero-order valence-electron chi connectivity index (χ0n) is 12.1. The summed E-state index contributed by atoms with van der Waals surface area (Å²) in [6.07, 6.45) is 3.35. The number of primary amides is 1. The van der Waals surface area contributed by atoms with Gasteiger partial charge in [-0.25, -0.2) is 0 Å². The number of rotatable bonds is 4. The van der Waals surface area contributed by atoms with E-state index >= 15 is 0 Å². The maximum absolute atomic E-state index is 12.6. The molecule has 2 aromatic heterocycles. The average molecular weight is 318 g/mol. The molecular formula is C15H18N4O2S. The van der Waals surface area contributed by atoms with Crippen LogP contribution in [0.25, 0.3) is 0 Å². The Kier molecular flexibility index (Phi) is 4.24. The van der Waals surface area contributed by atoms with Gasteiger partial charge in [0.05, 0.1) is 18.2 Å². The average Bonchev–Trinajstić information content (AvgIpc) is 3.18. The molecule has 0 aliphatic carbocycles. The van der Waals surface area contributed by atoms with Crippen LogP contribution < -0.4 is 5.73 Å². The first-order valence-corrected chi connectivity index (χ1v) is 8.20. The maximum atomic E-state index is 12.6. The van der Waals surface area contributed by atoms with Crippen molar-refractivity contribution in [3.05, 3.63) is 39.8 Å². The highest BCUT2D eigenvalue weighted by Gasteiger charge is 2.29. The van der Waals surface area contributed by atoms with Crippen LogP contribution in [0.2, 0.25) is 0 Å². The highest BCUT2D eigenvalue weighted by molar-refractivity contribution is 7.10. The number of nitrogens with two attached hydrogens (primary N) is 1. The summed E-state index contributed by atoms with van der Waals surface area (Å²) >= 11 is 1.59. The van der Waals surface area contributed by atoms with Gasteiger partial charge in [-0.2, -0.15) is 5.10 Å². The van der Waals surface area contributed by atoms with Gasteiger partial charge in [0.25, 0.3) is 5.91 Å². The van der Waals surface area contributed by atoms with Crippen molar-refractivity contribution in [2.45, 2.75) is 31.7 Å². The molecule has 0 radical (unpaired) electrons. The van der Waals surface area contributed by atoms with E-state index in [1.165, 1.54) is 0 Å². The van der Waals surface area contributed by atoms with Crippen LogP contribution in [0.1, 0.15) is 46.4 Å². The van der Waals surface area contributed by atoms with Gasteiger partial charge < -0.3 is 10.6 Å². The SMILES string of the molecule is NC(=O)c1cc(C2CCCCN2C(=O)Cc2cccs2)[nH]n1. The van der Waals surface area contributed by atoms with Crippen LogP contribution in [0.15, 0.2) is 23.6 Å². The monoisotopic (exact) mass is 318 g/mol. The van der Waals surface area contributed by atoms with E-state index < -0.39 is 5.91 Å². The minimum atomic E-state index is -0.560. The highest BCUT2D eigenvalue weighted by Crippen LogP contribution is 2.30. The predicted octanol–water partition coefficient (Wildman–Crippen LogP) is 1.87. The van der Waals surface area contributed by atoms with Crippen molar-refractivity contribution >= 4 is 23.2 Å². The van der Waals surface area contributed by atoms with Gasteiger partial charge >= 0.3 is 0 Å². The molecule has 22 heavy (non-hydrogen) atoms. The van der Waals surface area contributed by atoms with E-state index in [0.29, 0.717) is 6.42 Å². The molecule has 3 N–H and O–H groups in total. The Hall–Kier alpha value is -2.15. The van der Waals surface area contributed by atoms with Crippen LogP contribution in [-0.2, 0) is 11.2 Å². The van der Waals surface area contributed by atoms with Crippen LogP contribution in [0.5, 0.6) is 0 Å². The van der Waals surface area contributed by atoms with Crippen molar-refractivity contribution in [1.29, 1.82) is 0 Å². The Bertz CT molecular complexity index is 665. The van der Waals surface area contributed by atoms with E-state index in [4.69, 9.17) is 5.73 Å². The Morgan fingerprint density at radius 2 is 2.32 bits per heavy atom. The van der Waals surface area contributed by atoms with Crippen molar-refractivity contribution in [2.75, 3.05) is 6.54 Å². The van der Waals surface area contributed by atoms with Crippen molar-refractivity contribution in [1.82, 2.24) is 15.1 Å². The van der Waals surface area contributed by atoms with E-state index in [9.17, 15) is 9.59 Å². The van der Waals surface area contributed by atoms with E-state index in [-0.39, 0.29) is 17.6 Å². The molecule has 6 nitrogen and oxygen atoms in total. The molecule has 2 amide bonds. The molecular weight excluding hydrogens is 300 g/mol. The molecule has 1 saturated heterocycles. The number of likely N-dealkylation sites (tertiary alicyclic amines) is 1. The molecule has 3 heterocycles. The number of carbonyl (C=O) groups excluding carboxylic acids is 2. The number of hydrogen-bond donors (Lipinski definition) is 2. The lowest BCUT2D eigenvalue weighted by Gasteiger charge is -2.35. The lowest BCUT2D eigenvalue weighted by atomic mass is 9.98. The van der Waals surface area contributed by atoms with Gasteiger partial charge in [0, 0.05) is 11.4 Å². The van der Waals surface area contributed by atoms with Crippen molar-refractivity contribution < 1.29 is 9.59 Å². The number of nitrogens with zero attached hydrogens (tertiary/aromatic N) is 2. The van der Waals surface area contributed by atoms with Gasteiger partial charge in [-0.05, 0) is 36.8 Å². The third-order valence-corrected chi connectivity index (χ3v) is 4.81. The Morgan fingerprint density at radius 1 is 1.45 bits per heavy atom. The zero-order chi connectivity index (χ0) is 15.5. The van der Waals surface area contributed by atoms with E-state index in [0.717, 1.165) is 36.4 Å². The highest BCUT2D eigenvalue weighted by atomic mass is 32.1. The molecule has 1 atom stereocenters. The quantitative estimate of drug-likeness (QED) is 0.901. The number of carbonyl (C=O) groups is 2. The normalized spacial score (nSPS) is 18.4. The minimum Gasteiger partial charge on any atom is -0.364 e. The molecule has 116 valence electrons. The number of aromatic nitrogens is 2. The third kappa shape index (κ3) is 3.04. The standard InChI is InChI=1S/C15H18N4O2S/c16-15(21)12-9-11(17-18-12)13-5-1-2-6-19(13)14(20)8-10-4-3-7-22-10/h3-4,7,9,13H,1-2,5-6,8H2,(H2,16,21)(H,17,18).